The number of carbonyl (C=O) groups excluding carboxylic acids is 1. The van der Waals surface area contributed by atoms with Crippen molar-refractivity contribution >= 4 is 17.4 Å². The molecule has 0 aliphatic rings. The lowest BCUT2D eigenvalue weighted by atomic mass is 10.1. The largest absolute Gasteiger partial charge is 0.366 e. The smallest absolute Gasteiger partial charge is 0.274 e. The van der Waals surface area contributed by atoms with Crippen molar-refractivity contribution in [3.8, 4) is 0 Å². The molecular weight excluding hydrogens is 331 g/mol. The number of rotatable bonds is 5. The van der Waals surface area contributed by atoms with Crippen molar-refractivity contribution in [1.29, 1.82) is 0 Å². The summed E-state index contributed by atoms with van der Waals surface area (Å²) in [5, 5.41) is 5.94. The zero-order valence-electron chi connectivity index (χ0n) is 14.6. The van der Waals surface area contributed by atoms with Crippen LogP contribution >= 0.6 is 0 Å². The van der Waals surface area contributed by atoms with Crippen LogP contribution in [-0.2, 0) is 6.54 Å². The number of nitrogens with zero attached hydrogens (tertiary/aromatic N) is 2. The molecule has 0 fully saturated rings. The van der Waals surface area contributed by atoms with Crippen LogP contribution < -0.4 is 10.6 Å². The van der Waals surface area contributed by atoms with Gasteiger partial charge in [-0.15, -0.1) is 0 Å². The summed E-state index contributed by atoms with van der Waals surface area (Å²) in [6, 6.07) is 13.5. The first-order chi connectivity index (χ1) is 12.5. The van der Waals surface area contributed by atoms with Gasteiger partial charge in [0.1, 0.15) is 23.7 Å². The zero-order chi connectivity index (χ0) is 18.5. The molecule has 5 nitrogen and oxygen atoms in total. The molecule has 0 saturated carbocycles. The molecule has 1 heterocycles. The minimum atomic E-state index is -0.305. The Bertz CT molecular complexity index is 925. The summed E-state index contributed by atoms with van der Waals surface area (Å²) in [5.74, 6) is -0.0591. The molecular formula is C20H19FN4O. The molecule has 0 bridgehead atoms. The molecule has 0 spiro atoms. The van der Waals surface area contributed by atoms with Crippen LogP contribution in [0, 0.1) is 19.7 Å². The number of carbonyl (C=O) groups is 1. The van der Waals surface area contributed by atoms with Crippen LogP contribution in [0.15, 0.2) is 54.9 Å². The lowest BCUT2D eigenvalue weighted by Gasteiger charge is -2.09. The van der Waals surface area contributed by atoms with E-state index in [1.807, 2.05) is 32.0 Å². The van der Waals surface area contributed by atoms with E-state index in [4.69, 9.17) is 0 Å². The Labute approximate surface area is 151 Å². The molecule has 2 aromatic carbocycles. The maximum absolute atomic E-state index is 12.9. The normalized spacial score (nSPS) is 10.4. The van der Waals surface area contributed by atoms with Crippen molar-refractivity contribution in [3.05, 3.63) is 83.1 Å². The van der Waals surface area contributed by atoms with E-state index in [9.17, 15) is 9.18 Å². The Morgan fingerprint density at radius 3 is 2.50 bits per heavy atom. The Morgan fingerprint density at radius 2 is 1.77 bits per heavy atom. The number of anilines is 2. The first kappa shape index (κ1) is 17.5. The van der Waals surface area contributed by atoms with Crippen LogP contribution in [0.25, 0.3) is 0 Å². The van der Waals surface area contributed by atoms with Crippen molar-refractivity contribution in [2.75, 3.05) is 10.6 Å². The monoisotopic (exact) mass is 350 g/mol. The predicted molar refractivity (Wildman–Crippen MR) is 99.6 cm³/mol. The van der Waals surface area contributed by atoms with E-state index < -0.39 is 0 Å². The first-order valence-electron chi connectivity index (χ1n) is 8.20. The van der Waals surface area contributed by atoms with Crippen molar-refractivity contribution in [3.63, 3.8) is 0 Å². The van der Waals surface area contributed by atoms with Crippen molar-refractivity contribution in [1.82, 2.24) is 9.97 Å². The van der Waals surface area contributed by atoms with E-state index in [-0.39, 0.29) is 17.4 Å². The minimum absolute atomic E-state index is 0.264. The lowest BCUT2D eigenvalue weighted by Crippen LogP contribution is -2.15. The van der Waals surface area contributed by atoms with Gasteiger partial charge in [-0.25, -0.2) is 14.4 Å². The molecule has 3 rings (SSSR count). The summed E-state index contributed by atoms with van der Waals surface area (Å²) in [4.78, 5) is 20.5. The van der Waals surface area contributed by atoms with Crippen LogP contribution in [0.5, 0.6) is 0 Å². The van der Waals surface area contributed by atoms with E-state index in [0.717, 1.165) is 22.4 Å². The molecule has 1 amide bonds. The molecule has 26 heavy (non-hydrogen) atoms. The summed E-state index contributed by atoms with van der Waals surface area (Å²) in [6.45, 7) is 4.48. The predicted octanol–water partition coefficient (Wildman–Crippen LogP) is 4.10. The molecule has 132 valence electrons. The van der Waals surface area contributed by atoms with Gasteiger partial charge in [0.2, 0.25) is 0 Å². The van der Waals surface area contributed by atoms with Crippen molar-refractivity contribution in [2.45, 2.75) is 20.4 Å². The van der Waals surface area contributed by atoms with Gasteiger partial charge in [-0.05, 0) is 54.8 Å². The Morgan fingerprint density at radius 1 is 1.00 bits per heavy atom. The van der Waals surface area contributed by atoms with Crippen molar-refractivity contribution < 1.29 is 9.18 Å². The van der Waals surface area contributed by atoms with Crippen LogP contribution in [0.4, 0.5) is 15.9 Å². The Hall–Kier alpha value is -3.28. The van der Waals surface area contributed by atoms with Gasteiger partial charge in [0, 0.05) is 18.3 Å². The van der Waals surface area contributed by atoms with E-state index >= 15 is 0 Å². The van der Waals surface area contributed by atoms with Gasteiger partial charge >= 0.3 is 0 Å². The second kappa shape index (κ2) is 7.74. The van der Waals surface area contributed by atoms with Crippen LogP contribution in [-0.4, -0.2) is 15.9 Å². The summed E-state index contributed by atoms with van der Waals surface area (Å²) in [7, 11) is 0. The maximum atomic E-state index is 12.9. The summed E-state index contributed by atoms with van der Waals surface area (Å²) in [6.07, 6.45) is 1.34. The number of nitrogens with one attached hydrogen (secondary N) is 2. The van der Waals surface area contributed by atoms with Gasteiger partial charge in [-0.3, -0.25) is 4.79 Å². The number of aromatic nitrogens is 2. The number of benzene rings is 2. The molecule has 0 unspecified atom stereocenters. The molecule has 0 radical (unpaired) electrons. The zero-order valence-corrected chi connectivity index (χ0v) is 14.6. The van der Waals surface area contributed by atoms with Crippen LogP contribution in [0.3, 0.4) is 0 Å². The third-order valence-corrected chi connectivity index (χ3v) is 4.05. The van der Waals surface area contributed by atoms with Crippen LogP contribution in [0.2, 0.25) is 0 Å². The highest BCUT2D eigenvalue weighted by Gasteiger charge is 2.10. The second-order valence-electron chi connectivity index (χ2n) is 6.02. The molecule has 6 heteroatoms. The average molecular weight is 350 g/mol. The van der Waals surface area contributed by atoms with Crippen LogP contribution in [0.1, 0.15) is 27.2 Å². The highest BCUT2D eigenvalue weighted by Crippen LogP contribution is 2.15. The number of aryl methyl sites for hydroxylation is 2. The maximum Gasteiger partial charge on any atom is 0.274 e. The third-order valence-electron chi connectivity index (χ3n) is 4.05. The summed E-state index contributed by atoms with van der Waals surface area (Å²) in [5.41, 5.74) is 4.16. The Balaban J connectivity index is 1.66. The van der Waals surface area contributed by atoms with Gasteiger partial charge in [-0.1, -0.05) is 18.2 Å². The third kappa shape index (κ3) is 4.42. The molecule has 0 saturated heterocycles. The summed E-state index contributed by atoms with van der Waals surface area (Å²) < 4.78 is 12.9. The van der Waals surface area contributed by atoms with Gasteiger partial charge in [0.15, 0.2) is 0 Å². The van der Waals surface area contributed by atoms with Gasteiger partial charge in [-0.2, -0.15) is 0 Å². The van der Waals surface area contributed by atoms with Gasteiger partial charge in [0.05, 0.1) is 0 Å². The number of halogens is 1. The second-order valence-corrected chi connectivity index (χ2v) is 6.02. The lowest BCUT2D eigenvalue weighted by molar-refractivity contribution is 0.102. The number of hydrogen-bond donors (Lipinski definition) is 2. The number of hydrogen-bond acceptors (Lipinski definition) is 4. The number of amides is 1. The molecule has 0 atom stereocenters. The average Bonchev–Trinajstić information content (AvgIpc) is 2.64. The minimum Gasteiger partial charge on any atom is -0.366 e. The SMILES string of the molecule is Cc1ccc(NC(=O)c2cc(NCc3ccc(F)cc3)ncn2)cc1C. The van der Waals surface area contributed by atoms with E-state index in [1.54, 1.807) is 18.2 Å². The van der Waals surface area contributed by atoms with E-state index in [2.05, 4.69) is 20.6 Å². The quantitative estimate of drug-likeness (QED) is 0.727. The molecule has 3 aromatic rings. The van der Waals surface area contributed by atoms with Crippen molar-refractivity contribution in [2.24, 2.45) is 0 Å². The molecule has 0 aliphatic heterocycles. The fraction of sp³-hybridized carbons (Fsp3) is 0.150. The Kier molecular flexibility index (Phi) is 5.22. The highest BCUT2D eigenvalue weighted by atomic mass is 19.1. The fourth-order valence-corrected chi connectivity index (χ4v) is 2.39. The highest BCUT2D eigenvalue weighted by molar-refractivity contribution is 6.03. The first-order valence-corrected chi connectivity index (χ1v) is 8.20. The summed E-state index contributed by atoms with van der Waals surface area (Å²) >= 11 is 0. The van der Waals surface area contributed by atoms with Gasteiger partial charge < -0.3 is 10.6 Å². The van der Waals surface area contributed by atoms with E-state index in [1.165, 1.54) is 18.5 Å². The molecule has 2 N–H and O–H groups in total. The molecule has 1 aromatic heterocycles. The molecule has 0 aliphatic carbocycles. The topological polar surface area (TPSA) is 66.9 Å². The fourth-order valence-electron chi connectivity index (χ4n) is 2.39. The standard InChI is InChI=1S/C20H19FN4O/c1-13-3-8-17(9-14(13)2)25-20(26)18-10-19(24-12-23-18)22-11-15-4-6-16(21)7-5-15/h3-10,12H,11H2,1-2H3,(H,25,26)(H,22,23,24). The van der Waals surface area contributed by atoms with E-state index in [0.29, 0.717) is 12.4 Å². The van der Waals surface area contributed by atoms with Gasteiger partial charge in [0.25, 0.3) is 5.91 Å².